The van der Waals surface area contributed by atoms with Gasteiger partial charge >= 0.3 is 0 Å². The van der Waals surface area contributed by atoms with Crippen LogP contribution in [-0.2, 0) is 0 Å². The maximum Gasteiger partial charge on any atom is 0.284 e. The monoisotopic (exact) mass is 321 g/mol. The van der Waals surface area contributed by atoms with E-state index in [1.54, 1.807) is 24.4 Å². The van der Waals surface area contributed by atoms with Gasteiger partial charge in [-0.05, 0) is 40.2 Å². The van der Waals surface area contributed by atoms with E-state index in [4.69, 9.17) is 0 Å². The Bertz CT molecular complexity index is 631. The molecule has 2 rings (SSSR count). The molecular formula is C12H8BrN3O3. The van der Waals surface area contributed by atoms with Crippen molar-refractivity contribution in [2.24, 2.45) is 0 Å². The Morgan fingerprint density at radius 2 is 2.11 bits per heavy atom. The molecule has 2 aromatic rings. The van der Waals surface area contributed by atoms with E-state index in [-0.39, 0.29) is 11.3 Å². The zero-order valence-corrected chi connectivity index (χ0v) is 11.1. The van der Waals surface area contributed by atoms with E-state index in [0.717, 1.165) is 0 Å². The third kappa shape index (κ3) is 3.14. The summed E-state index contributed by atoms with van der Waals surface area (Å²) in [6, 6.07) is 9.25. The maximum absolute atomic E-state index is 11.9. The van der Waals surface area contributed by atoms with Crippen LogP contribution >= 0.6 is 15.9 Å². The first-order chi connectivity index (χ1) is 9.08. The van der Waals surface area contributed by atoms with Gasteiger partial charge in [0.15, 0.2) is 0 Å². The lowest BCUT2D eigenvalue weighted by Gasteiger charge is -2.04. The van der Waals surface area contributed by atoms with Gasteiger partial charge in [-0.25, -0.2) is 4.98 Å². The predicted octanol–water partition coefficient (Wildman–Crippen LogP) is 3.00. The van der Waals surface area contributed by atoms with Gasteiger partial charge in [-0.3, -0.25) is 14.9 Å². The molecule has 0 aliphatic carbocycles. The van der Waals surface area contributed by atoms with Gasteiger partial charge in [-0.2, -0.15) is 0 Å². The maximum atomic E-state index is 11.9. The number of nitro groups is 1. The lowest BCUT2D eigenvalue weighted by atomic mass is 10.2. The van der Waals surface area contributed by atoms with Crippen LogP contribution in [0.2, 0.25) is 0 Å². The standard InChI is InChI=1S/C12H8BrN3O3/c13-9-5-4-8(7-10(9)16(18)19)12(17)15-11-3-1-2-6-14-11/h1-7H,(H,14,15,17). The van der Waals surface area contributed by atoms with Crippen molar-refractivity contribution in [3.05, 3.63) is 62.7 Å². The number of amides is 1. The molecule has 7 heteroatoms. The number of nitrogens with zero attached hydrogens (tertiary/aromatic N) is 2. The van der Waals surface area contributed by atoms with Gasteiger partial charge in [0, 0.05) is 17.8 Å². The minimum absolute atomic E-state index is 0.159. The SMILES string of the molecule is O=C(Nc1ccccn1)c1ccc(Br)c([N+](=O)[O-])c1. The van der Waals surface area contributed by atoms with Crippen LogP contribution in [0.4, 0.5) is 11.5 Å². The average molecular weight is 322 g/mol. The number of rotatable bonds is 3. The molecule has 0 saturated carbocycles. The quantitative estimate of drug-likeness (QED) is 0.695. The van der Waals surface area contributed by atoms with E-state index in [1.807, 2.05) is 0 Å². The number of carbonyl (C=O) groups excluding carboxylic acids is 1. The highest BCUT2D eigenvalue weighted by Crippen LogP contribution is 2.25. The summed E-state index contributed by atoms with van der Waals surface area (Å²) >= 11 is 3.06. The highest BCUT2D eigenvalue weighted by molar-refractivity contribution is 9.10. The lowest BCUT2D eigenvalue weighted by molar-refractivity contribution is -0.385. The Labute approximate surface area is 116 Å². The first-order valence-electron chi connectivity index (χ1n) is 5.24. The molecule has 96 valence electrons. The summed E-state index contributed by atoms with van der Waals surface area (Å²) < 4.78 is 0.326. The summed E-state index contributed by atoms with van der Waals surface area (Å²) in [6.07, 6.45) is 1.54. The van der Waals surface area contributed by atoms with Crippen LogP contribution in [0, 0.1) is 10.1 Å². The molecule has 0 bridgehead atoms. The minimum Gasteiger partial charge on any atom is -0.307 e. The number of aromatic nitrogens is 1. The number of pyridine rings is 1. The summed E-state index contributed by atoms with van der Waals surface area (Å²) in [4.78, 5) is 26.1. The van der Waals surface area contributed by atoms with Crippen molar-refractivity contribution in [1.29, 1.82) is 0 Å². The van der Waals surface area contributed by atoms with Crippen molar-refractivity contribution in [3.8, 4) is 0 Å². The van der Waals surface area contributed by atoms with Crippen molar-refractivity contribution >= 4 is 33.3 Å². The van der Waals surface area contributed by atoms with Gasteiger partial charge in [0.1, 0.15) is 5.82 Å². The molecule has 1 heterocycles. The second-order valence-electron chi connectivity index (χ2n) is 3.59. The van der Waals surface area contributed by atoms with Crippen LogP contribution in [0.1, 0.15) is 10.4 Å². The Hall–Kier alpha value is -2.28. The largest absolute Gasteiger partial charge is 0.307 e. The average Bonchev–Trinajstić information content (AvgIpc) is 2.40. The van der Waals surface area contributed by atoms with E-state index >= 15 is 0 Å². The first kappa shape index (κ1) is 13.2. The minimum atomic E-state index is -0.554. The molecule has 0 saturated heterocycles. The van der Waals surface area contributed by atoms with E-state index in [1.165, 1.54) is 18.2 Å². The summed E-state index contributed by atoms with van der Waals surface area (Å²) in [5.74, 6) is -0.0626. The van der Waals surface area contributed by atoms with Crippen LogP contribution in [0.15, 0.2) is 47.1 Å². The van der Waals surface area contributed by atoms with E-state index in [0.29, 0.717) is 10.3 Å². The molecule has 6 nitrogen and oxygen atoms in total. The van der Waals surface area contributed by atoms with Crippen molar-refractivity contribution in [1.82, 2.24) is 4.98 Å². The second-order valence-corrected chi connectivity index (χ2v) is 4.45. The third-order valence-electron chi connectivity index (χ3n) is 2.31. The van der Waals surface area contributed by atoms with Crippen LogP contribution < -0.4 is 5.32 Å². The topological polar surface area (TPSA) is 85.1 Å². The number of halogens is 1. The van der Waals surface area contributed by atoms with Crippen molar-refractivity contribution < 1.29 is 9.72 Å². The molecule has 19 heavy (non-hydrogen) atoms. The molecule has 0 atom stereocenters. The normalized spacial score (nSPS) is 9.95. The Balaban J connectivity index is 2.25. The highest BCUT2D eigenvalue weighted by Gasteiger charge is 2.16. The summed E-state index contributed by atoms with van der Waals surface area (Å²) in [7, 11) is 0. The number of anilines is 1. The zero-order chi connectivity index (χ0) is 13.8. The van der Waals surface area contributed by atoms with Gasteiger partial charge < -0.3 is 5.32 Å². The van der Waals surface area contributed by atoms with E-state index in [2.05, 4.69) is 26.2 Å². The predicted molar refractivity (Wildman–Crippen MR) is 73.0 cm³/mol. The van der Waals surface area contributed by atoms with Crippen molar-refractivity contribution in [2.75, 3.05) is 5.32 Å². The zero-order valence-electron chi connectivity index (χ0n) is 9.54. The van der Waals surface area contributed by atoms with Crippen LogP contribution in [-0.4, -0.2) is 15.8 Å². The molecular weight excluding hydrogens is 314 g/mol. The van der Waals surface area contributed by atoms with E-state index < -0.39 is 10.8 Å². The molecule has 0 aliphatic heterocycles. The lowest BCUT2D eigenvalue weighted by Crippen LogP contribution is -2.13. The van der Waals surface area contributed by atoms with Gasteiger partial charge in [-0.15, -0.1) is 0 Å². The Morgan fingerprint density at radius 1 is 1.32 bits per heavy atom. The van der Waals surface area contributed by atoms with Gasteiger partial charge in [-0.1, -0.05) is 6.07 Å². The van der Waals surface area contributed by atoms with Crippen LogP contribution in [0.5, 0.6) is 0 Å². The molecule has 0 radical (unpaired) electrons. The molecule has 1 aromatic heterocycles. The number of nitrogens with one attached hydrogen (secondary N) is 1. The molecule has 0 spiro atoms. The summed E-state index contributed by atoms with van der Waals surface area (Å²) in [6.45, 7) is 0. The fourth-order valence-electron chi connectivity index (χ4n) is 1.42. The smallest absolute Gasteiger partial charge is 0.284 e. The number of benzene rings is 1. The fraction of sp³-hybridized carbons (Fsp3) is 0. The van der Waals surface area contributed by atoms with Crippen LogP contribution in [0.25, 0.3) is 0 Å². The number of hydrogen-bond donors (Lipinski definition) is 1. The number of nitro benzene ring substituents is 1. The third-order valence-corrected chi connectivity index (χ3v) is 2.98. The molecule has 0 aliphatic rings. The summed E-state index contributed by atoms with van der Waals surface area (Å²) in [5, 5.41) is 13.3. The second kappa shape index (κ2) is 5.57. The van der Waals surface area contributed by atoms with Gasteiger partial charge in [0.25, 0.3) is 11.6 Å². The molecule has 1 amide bonds. The Kier molecular flexibility index (Phi) is 3.86. The number of hydrogen-bond acceptors (Lipinski definition) is 4. The van der Waals surface area contributed by atoms with E-state index in [9.17, 15) is 14.9 Å². The van der Waals surface area contributed by atoms with Crippen molar-refractivity contribution in [3.63, 3.8) is 0 Å². The molecule has 0 fully saturated rings. The van der Waals surface area contributed by atoms with Gasteiger partial charge in [0.05, 0.1) is 9.40 Å². The number of carbonyl (C=O) groups is 1. The molecule has 1 aromatic carbocycles. The molecule has 0 unspecified atom stereocenters. The molecule has 1 N–H and O–H groups in total. The Morgan fingerprint density at radius 3 is 2.74 bits per heavy atom. The summed E-state index contributed by atoms with van der Waals surface area (Å²) in [5.41, 5.74) is 0.0363. The highest BCUT2D eigenvalue weighted by atomic mass is 79.9. The van der Waals surface area contributed by atoms with Gasteiger partial charge in [0.2, 0.25) is 0 Å². The first-order valence-corrected chi connectivity index (χ1v) is 6.03. The van der Waals surface area contributed by atoms with Crippen molar-refractivity contribution in [2.45, 2.75) is 0 Å². The van der Waals surface area contributed by atoms with Crippen LogP contribution in [0.3, 0.4) is 0 Å². The fourth-order valence-corrected chi connectivity index (χ4v) is 1.81.